The summed E-state index contributed by atoms with van der Waals surface area (Å²) in [6.45, 7) is 9.68. The van der Waals surface area contributed by atoms with Gasteiger partial charge in [0.25, 0.3) is 5.69 Å². The van der Waals surface area contributed by atoms with Crippen molar-refractivity contribution in [2.45, 2.75) is 32.3 Å². The van der Waals surface area contributed by atoms with Gasteiger partial charge in [-0.15, -0.1) is 6.58 Å². The van der Waals surface area contributed by atoms with Crippen molar-refractivity contribution >= 4 is 11.5 Å². The highest BCUT2D eigenvalue weighted by Crippen LogP contribution is 2.29. The van der Waals surface area contributed by atoms with Crippen molar-refractivity contribution in [1.29, 1.82) is 0 Å². The summed E-state index contributed by atoms with van der Waals surface area (Å²) in [7, 11) is 0. The highest BCUT2D eigenvalue weighted by molar-refractivity contribution is 5.61. The van der Waals surface area contributed by atoms with Crippen LogP contribution in [0.3, 0.4) is 0 Å². The number of aliphatic hydroxyl groups is 1. The van der Waals surface area contributed by atoms with Crippen LogP contribution in [0.5, 0.6) is 0 Å². The minimum atomic E-state index is -0.383. The Morgan fingerprint density at radius 3 is 2.42 bits per heavy atom. The van der Waals surface area contributed by atoms with Crippen molar-refractivity contribution < 1.29 is 10.0 Å². The van der Waals surface area contributed by atoms with Gasteiger partial charge in [-0.2, -0.15) is 0 Å². The van der Waals surface area contributed by atoms with E-state index in [4.69, 9.17) is 9.97 Å². The number of hydrogen-bond acceptors (Lipinski definition) is 7. The summed E-state index contributed by atoms with van der Waals surface area (Å²) in [5.41, 5.74) is 3.96. The predicted octanol–water partition coefficient (Wildman–Crippen LogP) is 4.40. The SMILES string of the molecule is C=CCC[C@H](O)CN1CCN(c2nc(-c3ccccc3)nc(C)c2Cc2ccc([N+](=O)[O-])cc2)CC1. The van der Waals surface area contributed by atoms with E-state index in [1.807, 2.05) is 43.3 Å². The zero-order chi connectivity index (χ0) is 25.5. The predicted molar refractivity (Wildman–Crippen MR) is 142 cm³/mol. The number of allylic oxidation sites excluding steroid dienone is 1. The fourth-order valence-corrected chi connectivity index (χ4v) is 4.55. The van der Waals surface area contributed by atoms with Crippen LogP contribution in [0.1, 0.15) is 29.7 Å². The number of piperazine rings is 1. The maximum atomic E-state index is 11.1. The molecular weight excluding hydrogens is 454 g/mol. The lowest BCUT2D eigenvalue weighted by Gasteiger charge is -2.37. The van der Waals surface area contributed by atoms with Crippen LogP contribution in [0.2, 0.25) is 0 Å². The second-order valence-electron chi connectivity index (χ2n) is 9.21. The average molecular weight is 488 g/mol. The first-order valence-corrected chi connectivity index (χ1v) is 12.4. The maximum Gasteiger partial charge on any atom is 0.269 e. The van der Waals surface area contributed by atoms with E-state index in [1.165, 1.54) is 0 Å². The number of hydrogen-bond donors (Lipinski definition) is 1. The molecule has 8 nitrogen and oxygen atoms in total. The van der Waals surface area contributed by atoms with Crippen LogP contribution in [0.4, 0.5) is 11.5 Å². The van der Waals surface area contributed by atoms with Crippen LogP contribution in [-0.2, 0) is 6.42 Å². The first-order chi connectivity index (χ1) is 17.4. The number of benzene rings is 2. The molecule has 0 aliphatic carbocycles. The molecule has 1 aliphatic heterocycles. The zero-order valence-corrected chi connectivity index (χ0v) is 20.7. The normalized spacial score (nSPS) is 15.0. The lowest BCUT2D eigenvalue weighted by atomic mass is 10.0. The molecule has 4 rings (SSSR count). The Labute approximate surface area is 212 Å². The molecule has 8 heteroatoms. The Balaban J connectivity index is 1.59. The number of non-ortho nitro benzene ring substituents is 1. The van der Waals surface area contributed by atoms with Crippen molar-refractivity contribution in [3.8, 4) is 11.4 Å². The van der Waals surface area contributed by atoms with E-state index >= 15 is 0 Å². The standard InChI is InChI=1S/C28H33N5O3/c1-3-4-10-25(34)20-31-15-17-32(18-16-31)28-26(19-22-11-13-24(14-12-22)33(35)36)21(2)29-27(30-28)23-8-6-5-7-9-23/h3,5-9,11-14,25,34H,1,4,10,15-20H2,2H3/t25-/m0/s1. The molecule has 3 aromatic rings. The Morgan fingerprint density at radius 2 is 1.78 bits per heavy atom. The first kappa shape index (κ1) is 25.5. The molecule has 1 N–H and O–H groups in total. The summed E-state index contributed by atoms with van der Waals surface area (Å²) in [6, 6.07) is 16.6. The zero-order valence-electron chi connectivity index (χ0n) is 20.7. The molecule has 1 saturated heterocycles. The molecule has 1 aliphatic rings. The Bertz CT molecular complexity index is 1180. The van der Waals surface area contributed by atoms with Gasteiger partial charge in [0.2, 0.25) is 0 Å². The van der Waals surface area contributed by atoms with E-state index in [9.17, 15) is 15.2 Å². The molecule has 2 aromatic carbocycles. The molecule has 36 heavy (non-hydrogen) atoms. The van der Waals surface area contributed by atoms with Gasteiger partial charge in [-0.25, -0.2) is 9.97 Å². The summed E-state index contributed by atoms with van der Waals surface area (Å²) in [5.74, 6) is 1.60. The van der Waals surface area contributed by atoms with E-state index in [0.717, 1.165) is 67.2 Å². The van der Waals surface area contributed by atoms with E-state index < -0.39 is 0 Å². The van der Waals surface area contributed by atoms with Gasteiger partial charge in [-0.3, -0.25) is 15.0 Å². The van der Waals surface area contributed by atoms with Crippen LogP contribution in [0.15, 0.2) is 67.3 Å². The molecule has 188 valence electrons. The Kier molecular flexibility index (Phi) is 8.40. The van der Waals surface area contributed by atoms with Gasteiger partial charge in [0, 0.05) is 68.1 Å². The van der Waals surface area contributed by atoms with Gasteiger partial charge in [-0.1, -0.05) is 48.5 Å². The van der Waals surface area contributed by atoms with Gasteiger partial charge in [-0.05, 0) is 25.3 Å². The van der Waals surface area contributed by atoms with Crippen LogP contribution in [0, 0.1) is 17.0 Å². The highest BCUT2D eigenvalue weighted by atomic mass is 16.6. The summed E-state index contributed by atoms with van der Waals surface area (Å²) < 4.78 is 0. The third-order valence-corrected chi connectivity index (χ3v) is 6.60. The van der Waals surface area contributed by atoms with Crippen molar-refractivity contribution in [3.05, 3.63) is 94.2 Å². The monoisotopic (exact) mass is 487 g/mol. The molecule has 2 heterocycles. The van der Waals surface area contributed by atoms with E-state index in [1.54, 1.807) is 24.3 Å². The minimum Gasteiger partial charge on any atom is -0.392 e. The molecule has 0 radical (unpaired) electrons. The van der Waals surface area contributed by atoms with Gasteiger partial charge in [0.1, 0.15) is 5.82 Å². The van der Waals surface area contributed by atoms with Gasteiger partial charge >= 0.3 is 0 Å². The van der Waals surface area contributed by atoms with E-state index in [2.05, 4.69) is 16.4 Å². The number of aryl methyl sites for hydroxylation is 1. The number of nitro groups is 1. The van der Waals surface area contributed by atoms with Crippen LogP contribution >= 0.6 is 0 Å². The molecule has 0 unspecified atom stereocenters. The molecule has 1 fully saturated rings. The largest absolute Gasteiger partial charge is 0.392 e. The minimum absolute atomic E-state index is 0.0813. The molecule has 0 spiro atoms. The van der Waals surface area contributed by atoms with Crippen LogP contribution in [-0.4, -0.2) is 63.7 Å². The number of anilines is 1. The third kappa shape index (κ3) is 6.33. The second kappa shape index (κ2) is 11.9. The number of aliphatic hydroxyl groups excluding tert-OH is 1. The molecule has 1 atom stereocenters. The number of nitrogens with zero attached hydrogens (tertiary/aromatic N) is 5. The van der Waals surface area contributed by atoms with Crippen LogP contribution < -0.4 is 4.90 Å². The fraction of sp³-hybridized carbons (Fsp3) is 0.357. The summed E-state index contributed by atoms with van der Waals surface area (Å²) in [5, 5.41) is 21.4. The van der Waals surface area contributed by atoms with Crippen LogP contribution in [0.25, 0.3) is 11.4 Å². The molecule has 1 aromatic heterocycles. The molecule has 0 saturated carbocycles. The third-order valence-electron chi connectivity index (χ3n) is 6.60. The van der Waals surface area contributed by atoms with Gasteiger partial charge in [0.15, 0.2) is 5.82 Å². The Morgan fingerprint density at radius 1 is 1.08 bits per heavy atom. The summed E-state index contributed by atoms with van der Waals surface area (Å²) in [6.07, 6.45) is 3.63. The number of β-amino-alcohol motifs (C(OH)–C–C–N with tert-alkyl or cyclic N) is 1. The summed E-state index contributed by atoms with van der Waals surface area (Å²) >= 11 is 0. The maximum absolute atomic E-state index is 11.1. The topological polar surface area (TPSA) is 95.6 Å². The number of rotatable bonds is 10. The van der Waals surface area contributed by atoms with Gasteiger partial charge in [0.05, 0.1) is 11.0 Å². The van der Waals surface area contributed by atoms with Gasteiger partial charge < -0.3 is 10.0 Å². The van der Waals surface area contributed by atoms with Crippen molar-refractivity contribution in [2.24, 2.45) is 0 Å². The van der Waals surface area contributed by atoms with Crippen molar-refractivity contribution in [1.82, 2.24) is 14.9 Å². The second-order valence-corrected chi connectivity index (χ2v) is 9.21. The van der Waals surface area contributed by atoms with E-state index in [-0.39, 0.29) is 16.7 Å². The smallest absolute Gasteiger partial charge is 0.269 e. The molecular formula is C28H33N5O3. The molecule has 0 bridgehead atoms. The molecule has 0 amide bonds. The lowest BCUT2D eigenvalue weighted by Crippen LogP contribution is -2.49. The average Bonchev–Trinajstić information content (AvgIpc) is 2.90. The number of nitro benzene ring substituents is 1. The quantitative estimate of drug-likeness (QED) is 0.257. The van der Waals surface area contributed by atoms with Crippen molar-refractivity contribution in [2.75, 3.05) is 37.6 Å². The van der Waals surface area contributed by atoms with E-state index in [0.29, 0.717) is 18.8 Å². The first-order valence-electron chi connectivity index (χ1n) is 12.4. The van der Waals surface area contributed by atoms with Crippen molar-refractivity contribution in [3.63, 3.8) is 0 Å². The highest BCUT2D eigenvalue weighted by Gasteiger charge is 2.24. The number of aromatic nitrogens is 2. The lowest BCUT2D eigenvalue weighted by molar-refractivity contribution is -0.384. The fourth-order valence-electron chi connectivity index (χ4n) is 4.55. The Hall–Kier alpha value is -3.62. The summed E-state index contributed by atoms with van der Waals surface area (Å²) in [4.78, 5) is 25.1.